The zero-order valence-electron chi connectivity index (χ0n) is 19.5. The van der Waals surface area contributed by atoms with Gasteiger partial charge in [-0.2, -0.15) is 5.10 Å². The molecule has 0 aliphatic rings. The fourth-order valence-corrected chi connectivity index (χ4v) is 3.99. The average Bonchev–Trinajstić information content (AvgIpc) is 3.27. The van der Waals surface area contributed by atoms with Crippen LogP contribution in [0, 0.1) is 19.7 Å². The van der Waals surface area contributed by atoms with E-state index in [1.54, 1.807) is 22.7 Å². The Hall–Kier alpha value is -4.27. The lowest BCUT2D eigenvalue weighted by atomic mass is 10.0. The first-order chi connectivity index (χ1) is 16.8. The van der Waals surface area contributed by atoms with Crippen LogP contribution in [0.1, 0.15) is 45.3 Å². The number of primary amides is 1. The molecule has 0 aliphatic heterocycles. The first kappa shape index (κ1) is 23.9. The van der Waals surface area contributed by atoms with Crippen LogP contribution in [0.4, 0.5) is 4.39 Å². The molecule has 8 nitrogen and oxygen atoms in total. The number of fused-ring (bicyclic) bond motifs is 1. The number of nitrogens with one attached hydrogen (secondary N) is 1. The minimum Gasteiger partial charge on any atom is -0.488 e. The fraction of sp³-hybridized carbons (Fsp3) is 0.231. The fourth-order valence-electron chi connectivity index (χ4n) is 3.99. The molecule has 2 heterocycles. The van der Waals surface area contributed by atoms with E-state index in [-0.39, 0.29) is 30.2 Å². The predicted octanol–water partition coefficient (Wildman–Crippen LogP) is 3.45. The molecule has 0 radical (unpaired) electrons. The van der Waals surface area contributed by atoms with Crippen LogP contribution in [-0.4, -0.2) is 33.0 Å². The van der Waals surface area contributed by atoms with Crippen LogP contribution < -0.4 is 15.8 Å². The first-order valence-corrected chi connectivity index (χ1v) is 11.2. The molecule has 4 aromatic rings. The average molecular weight is 476 g/mol. The van der Waals surface area contributed by atoms with Crippen molar-refractivity contribution >= 4 is 17.5 Å². The summed E-state index contributed by atoms with van der Waals surface area (Å²) in [5.74, 6) is -1.11. The minimum absolute atomic E-state index is 0.0748. The molecule has 35 heavy (non-hydrogen) atoms. The van der Waals surface area contributed by atoms with E-state index in [9.17, 15) is 14.0 Å². The predicted molar refractivity (Wildman–Crippen MR) is 129 cm³/mol. The van der Waals surface area contributed by atoms with Gasteiger partial charge in [0.1, 0.15) is 12.2 Å². The summed E-state index contributed by atoms with van der Waals surface area (Å²) in [6, 6.07) is 15.1. The molecule has 0 spiro atoms. The van der Waals surface area contributed by atoms with E-state index in [1.165, 1.54) is 12.3 Å². The minimum atomic E-state index is -0.594. The number of rotatable bonds is 9. The van der Waals surface area contributed by atoms with Gasteiger partial charge in [0.2, 0.25) is 5.91 Å². The highest BCUT2D eigenvalue weighted by atomic mass is 19.1. The number of carbonyl (C=O) groups excluding carboxylic acids is 2. The molecule has 2 aromatic carbocycles. The Kier molecular flexibility index (Phi) is 7.05. The lowest BCUT2D eigenvalue weighted by Gasteiger charge is -2.20. The molecule has 180 valence electrons. The van der Waals surface area contributed by atoms with Crippen molar-refractivity contribution in [2.24, 2.45) is 5.73 Å². The summed E-state index contributed by atoms with van der Waals surface area (Å²) in [5, 5.41) is 7.22. The van der Waals surface area contributed by atoms with Crippen LogP contribution in [0.3, 0.4) is 0 Å². The lowest BCUT2D eigenvalue weighted by Crippen LogP contribution is -2.32. The second-order valence-corrected chi connectivity index (χ2v) is 8.19. The van der Waals surface area contributed by atoms with E-state index in [0.29, 0.717) is 17.8 Å². The molecular formula is C26H26FN5O3. The van der Waals surface area contributed by atoms with Gasteiger partial charge in [0, 0.05) is 17.8 Å². The van der Waals surface area contributed by atoms with Crippen molar-refractivity contribution in [3.05, 3.63) is 94.7 Å². The number of aryl methyl sites for hydroxylation is 2. The van der Waals surface area contributed by atoms with Gasteiger partial charge in [-0.15, -0.1) is 0 Å². The van der Waals surface area contributed by atoms with Crippen molar-refractivity contribution in [2.45, 2.75) is 32.7 Å². The third-order valence-electron chi connectivity index (χ3n) is 5.86. The zero-order valence-corrected chi connectivity index (χ0v) is 19.5. The number of halogens is 1. The van der Waals surface area contributed by atoms with Crippen LogP contribution in [0.2, 0.25) is 0 Å². The zero-order chi connectivity index (χ0) is 24.9. The van der Waals surface area contributed by atoms with Gasteiger partial charge < -0.3 is 15.8 Å². The van der Waals surface area contributed by atoms with Gasteiger partial charge in [-0.3, -0.25) is 9.59 Å². The lowest BCUT2D eigenvalue weighted by molar-refractivity contribution is -0.122. The molecule has 2 aromatic heterocycles. The number of benzene rings is 2. The number of carbonyl (C=O) groups is 2. The summed E-state index contributed by atoms with van der Waals surface area (Å²) in [6.07, 6.45) is 2.02. The molecular weight excluding hydrogens is 449 g/mol. The second-order valence-electron chi connectivity index (χ2n) is 8.19. The Labute approximate surface area is 201 Å². The number of ether oxygens (including phenoxy) is 1. The number of para-hydroxylation sites is 1. The highest BCUT2D eigenvalue weighted by Gasteiger charge is 2.19. The largest absolute Gasteiger partial charge is 0.488 e. The van der Waals surface area contributed by atoms with E-state index in [2.05, 4.69) is 15.4 Å². The van der Waals surface area contributed by atoms with Crippen LogP contribution in [-0.2, 0) is 11.2 Å². The Balaban J connectivity index is 1.47. The highest BCUT2D eigenvalue weighted by molar-refractivity contribution is 5.98. The number of nitrogens with two attached hydrogens (primary N) is 1. The van der Waals surface area contributed by atoms with Crippen molar-refractivity contribution in [1.82, 2.24) is 19.9 Å². The summed E-state index contributed by atoms with van der Waals surface area (Å²) in [6.45, 7) is 3.76. The SMILES string of the molecule is Cc1nc2c(C(N)=O)cnn2c(C)c1CCC(=O)NC(COc1ccccc1F)c1ccccc1. The summed E-state index contributed by atoms with van der Waals surface area (Å²) < 4.78 is 21.2. The summed E-state index contributed by atoms with van der Waals surface area (Å²) in [4.78, 5) is 29.0. The number of nitrogens with zero attached hydrogens (tertiary/aromatic N) is 3. The van der Waals surface area contributed by atoms with Crippen molar-refractivity contribution in [1.29, 1.82) is 0 Å². The Morgan fingerprint density at radius 3 is 2.54 bits per heavy atom. The van der Waals surface area contributed by atoms with E-state index in [0.717, 1.165) is 16.8 Å². The van der Waals surface area contributed by atoms with Crippen molar-refractivity contribution in [2.75, 3.05) is 6.61 Å². The van der Waals surface area contributed by atoms with Crippen molar-refractivity contribution in [3.63, 3.8) is 0 Å². The van der Waals surface area contributed by atoms with Gasteiger partial charge in [-0.05, 0) is 43.5 Å². The van der Waals surface area contributed by atoms with Gasteiger partial charge in [0.15, 0.2) is 17.2 Å². The monoisotopic (exact) mass is 475 g/mol. The van der Waals surface area contributed by atoms with E-state index in [4.69, 9.17) is 10.5 Å². The normalized spacial score (nSPS) is 11.9. The van der Waals surface area contributed by atoms with Crippen molar-refractivity contribution < 1.29 is 18.7 Å². The molecule has 0 fully saturated rings. The summed E-state index contributed by atoms with van der Waals surface area (Å²) in [5.41, 5.74) is 9.26. The molecule has 4 rings (SSSR count). The maximum absolute atomic E-state index is 14.0. The number of hydrogen-bond donors (Lipinski definition) is 2. The molecule has 2 amide bonds. The first-order valence-electron chi connectivity index (χ1n) is 11.2. The number of hydrogen-bond acceptors (Lipinski definition) is 5. The Morgan fingerprint density at radius 1 is 1.11 bits per heavy atom. The van der Waals surface area contributed by atoms with Crippen LogP contribution in [0.5, 0.6) is 5.75 Å². The smallest absolute Gasteiger partial charge is 0.254 e. The third kappa shape index (κ3) is 5.29. The van der Waals surface area contributed by atoms with Crippen molar-refractivity contribution in [3.8, 4) is 5.75 Å². The van der Waals surface area contributed by atoms with Gasteiger partial charge in [-0.1, -0.05) is 42.5 Å². The second kappa shape index (κ2) is 10.3. The summed E-state index contributed by atoms with van der Waals surface area (Å²) >= 11 is 0. The van der Waals surface area contributed by atoms with Crippen LogP contribution in [0.15, 0.2) is 60.8 Å². The maximum atomic E-state index is 14.0. The van der Waals surface area contributed by atoms with Crippen LogP contribution in [0.25, 0.3) is 5.65 Å². The Morgan fingerprint density at radius 2 is 1.83 bits per heavy atom. The van der Waals surface area contributed by atoms with Gasteiger partial charge >= 0.3 is 0 Å². The van der Waals surface area contributed by atoms with Gasteiger partial charge in [0.25, 0.3) is 5.91 Å². The summed E-state index contributed by atoms with van der Waals surface area (Å²) in [7, 11) is 0. The van der Waals surface area contributed by atoms with Crippen LogP contribution >= 0.6 is 0 Å². The maximum Gasteiger partial charge on any atom is 0.254 e. The standard InChI is InChI=1S/C26H26FN5O3/c1-16-19(17(2)32-26(30-16)20(14-29-32)25(28)34)12-13-24(33)31-22(18-8-4-3-5-9-18)15-35-23-11-7-6-10-21(23)27/h3-11,14,22H,12-13,15H2,1-2H3,(H2,28,34)(H,31,33). The van der Waals surface area contributed by atoms with Gasteiger partial charge in [0.05, 0.1) is 12.2 Å². The Bertz CT molecular complexity index is 1370. The molecule has 1 unspecified atom stereocenters. The topological polar surface area (TPSA) is 112 Å². The third-order valence-corrected chi connectivity index (χ3v) is 5.86. The molecule has 0 saturated carbocycles. The number of amides is 2. The molecule has 0 aliphatic carbocycles. The molecule has 0 bridgehead atoms. The van der Waals surface area contributed by atoms with E-state index >= 15 is 0 Å². The molecule has 0 saturated heterocycles. The molecule has 1 atom stereocenters. The quantitative estimate of drug-likeness (QED) is 0.385. The van der Waals surface area contributed by atoms with E-state index < -0.39 is 17.8 Å². The highest BCUT2D eigenvalue weighted by Crippen LogP contribution is 2.21. The number of aromatic nitrogens is 3. The van der Waals surface area contributed by atoms with E-state index in [1.807, 2.05) is 44.2 Å². The molecule has 9 heteroatoms. The molecule has 3 N–H and O–H groups in total. The van der Waals surface area contributed by atoms with Gasteiger partial charge in [-0.25, -0.2) is 13.9 Å².